The number of hydrogen-bond donors (Lipinski definition) is 2. The molecule has 1 aliphatic rings. The van der Waals surface area contributed by atoms with E-state index in [1.54, 1.807) is 23.4 Å². The zero-order chi connectivity index (χ0) is 17.8. The number of aryl methyl sites for hydroxylation is 1. The SMILES string of the molecule is COc1ccc2c(c1C#CCCCO)n(C)c(=O)n2N1CCNCC1. The molecule has 0 radical (unpaired) electrons. The summed E-state index contributed by atoms with van der Waals surface area (Å²) in [5.41, 5.74) is 2.25. The van der Waals surface area contributed by atoms with Gasteiger partial charge in [0.1, 0.15) is 5.75 Å². The molecule has 0 amide bonds. The third-order valence-electron chi connectivity index (χ3n) is 4.42. The Morgan fingerprint density at radius 2 is 2.08 bits per heavy atom. The van der Waals surface area contributed by atoms with Crippen LogP contribution in [0.4, 0.5) is 0 Å². The van der Waals surface area contributed by atoms with Crippen molar-refractivity contribution in [2.45, 2.75) is 12.8 Å². The number of imidazole rings is 1. The number of nitrogens with zero attached hydrogens (tertiary/aromatic N) is 3. The van der Waals surface area contributed by atoms with Crippen molar-refractivity contribution in [1.82, 2.24) is 14.6 Å². The van der Waals surface area contributed by atoms with E-state index in [-0.39, 0.29) is 12.3 Å². The highest BCUT2D eigenvalue weighted by Gasteiger charge is 2.21. The van der Waals surface area contributed by atoms with Crippen LogP contribution in [0.1, 0.15) is 18.4 Å². The molecule has 0 spiro atoms. The summed E-state index contributed by atoms with van der Waals surface area (Å²) in [4.78, 5) is 12.9. The normalized spacial score (nSPS) is 14.4. The molecule has 1 aliphatic heterocycles. The molecule has 1 fully saturated rings. The van der Waals surface area contributed by atoms with Gasteiger partial charge in [0.05, 0.1) is 23.7 Å². The standard InChI is InChI=1S/C18H24N4O3/c1-20-17-14(6-4-3-5-13-23)16(25-2)8-7-15(17)22(18(20)24)21-11-9-19-10-12-21/h7-8,19,23H,3,5,9-13H2,1-2H3. The molecule has 25 heavy (non-hydrogen) atoms. The van der Waals surface area contributed by atoms with Crippen molar-refractivity contribution in [1.29, 1.82) is 0 Å². The van der Waals surface area contributed by atoms with Gasteiger partial charge >= 0.3 is 5.69 Å². The van der Waals surface area contributed by atoms with E-state index >= 15 is 0 Å². The Morgan fingerprint density at radius 1 is 1.32 bits per heavy atom. The van der Waals surface area contributed by atoms with Gasteiger partial charge in [0.25, 0.3) is 0 Å². The zero-order valence-electron chi connectivity index (χ0n) is 14.7. The lowest BCUT2D eigenvalue weighted by atomic mass is 10.1. The third kappa shape index (κ3) is 3.23. The van der Waals surface area contributed by atoms with Crippen molar-refractivity contribution in [3.05, 3.63) is 28.2 Å². The molecule has 7 nitrogen and oxygen atoms in total. The van der Waals surface area contributed by atoms with Gasteiger partial charge in [-0.3, -0.25) is 4.57 Å². The Hall–Kier alpha value is -2.43. The maximum atomic E-state index is 12.9. The molecule has 134 valence electrons. The summed E-state index contributed by atoms with van der Waals surface area (Å²) in [6.07, 6.45) is 1.23. The molecule has 1 aromatic heterocycles. The molecule has 0 atom stereocenters. The van der Waals surface area contributed by atoms with Crippen LogP contribution in [0.15, 0.2) is 16.9 Å². The van der Waals surface area contributed by atoms with Crippen molar-refractivity contribution in [3.63, 3.8) is 0 Å². The smallest absolute Gasteiger partial charge is 0.347 e. The Labute approximate surface area is 146 Å². The number of aliphatic hydroxyl groups is 1. The van der Waals surface area contributed by atoms with E-state index in [9.17, 15) is 4.79 Å². The zero-order valence-corrected chi connectivity index (χ0v) is 14.7. The van der Waals surface area contributed by atoms with Crippen LogP contribution in [-0.2, 0) is 7.05 Å². The summed E-state index contributed by atoms with van der Waals surface area (Å²) < 4.78 is 8.84. The molecule has 2 heterocycles. The van der Waals surface area contributed by atoms with Crippen LogP contribution in [0.25, 0.3) is 11.0 Å². The van der Waals surface area contributed by atoms with Crippen molar-refractivity contribution in [3.8, 4) is 17.6 Å². The van der Waals surface area contributed by atoms with Gasteiger partial charge in [0.2, 0.25) is 0 Å². The summed E-state index contributed by atoms with van der Waals surface area (Å²) in [5.74, 6) is 6.85. The summed E-state index contributed by atoms with van der Waals surface area (Å²) >= 11 is 0. The predicted octanol–water partition coefficient (Wildman–Crippen LogP) is 0.0138. The number of nitrogens with one attached hydrogen (secondary N) is 1. The van der Waals surface area contributed by atoms with Crippen LogP contribution in [-0.4, -0.2) is 54.2 Å². The molecule has 0 bridgehead atoms. The number of fused-ring (bicyclic) bond motifs is 1. The fraction of sp³-hybridized carbons (Fsp3) is 0.500. The minimum atomic E-state index is -0.0800. The minimum Gasteiger partial charge on any atom is -0.495 e. The Bertz CT molecular complexity index is 866. The fourth-order valence-electron chi connectivity index (χ4n) is 3.15. The highest BCUT2D eigenvalue weighted by molar-refractivity contribution is 5.86. The van der Waals surface area contributed by atoms with E-state index in [2.05, 4.69) is 22.2 Å². The average Bonchev–Trinajstić information content (AvgIpc) is 2.90. The molecule has 1 saturated heterocycles. The van der Waals surface area contributed by atoms with E-state index in [1.807, 2.05) is 12.1 Å². The van der Waals surface area contributed by atoms with Gasteiger partial charge in [-0.05, 0) is 18.6 Å². The highest BCUT2D eigenvalue weighted by Crippen LogP contribution is 2.26. The number of methoxy groups -OCH3 is 1. The number of unbranched alkanes of at least 4 members (excludes halogenated alkanes) is 1. The van der Waals surface area contributed by atoms with Crippen LogP contribution in [0.2, 0.25) is 0 Å². The Kier molecular flexibility index (Phi) is 5.31. The lowest BCUT2D eigenvalue weighted by molar-refractivity contribution is 0.290. The third-order valence-corrected chi connectivity index (χ3v) is 4.42. The number of aromatic nitrogens is 2. The second-order valence-electron chi connectivity index (χ2n) is 6.00. The van der Waals surface area contributed by atoms with Gasteiger partial charge < -0.3 is 20.2 Å². The van der Waals surface area contributed by atoms with E-state index in [4.69, 9.17) is 9.84 Å². The first-order valence-corrected chi connectivity index (χ1v) is 8.53. The quantitative estimate of drug-likeness (QED) is 0.604. The monoisotopic (exact) mass is 344 g/mol. The molecule has 1 aromatic carbocycles. The van der Waals surface area contributed by atoms with Gasteiger partial charge in [-0.25, -0.2) is 9.47 Å². The van der Waals surface area contributed by atoms with E-state index in [1.165, 1.54) is 0 Å². The van der Waals surface area contributed by atoms with Gasteiger partial charge in [-0.15, -0.1) is 0 Å². The summed E-state index contributed by atoms with van der Waals surface area (Å²) in [6, 6.07) is 3.77. The van der Waals surface area contributed by atoms with E-state index in [0.717, 1.165) is 37.2 Å². The molecular formula is C18H24N4O3. The molecule has 2 aromatic rings. The maximum Gasteiger partial charge on any atom is 0.347 e. The summed E-state index contributed by atoms with van der Waals surface area (Å²) in [5, 5.41) is 14.3. The van der Waals surface area contributed by atoms with Crippen LogP contribution in [0.3, 0.4) is 0 Å². The first-order valence-electron chi connectivity index (χ1n) is 8.53. The average molecular weight is 344 g/mol. The number of benzene rings is 1. The number of ether oxygens (including phenoxy) is 1. The van der Waals surface area contributed by atoms with Crippen LogP contribution in [0.5, 0.6) is 5.75 Å². The lowest BCUT2D eigenvalue weighted by Crippen LogP contribution is -2.52. The second-order valence-corrected chi connectivity index (χ2v) is 6.00. The molecule has 7 heteroatoms. The summed E-state index contributed by atoms with van der Waals surface area (Å²) in [7, 11) is 3.37. The number of hydrogen-bond acceptors (Lipinski definition) is 5. The largest absolute Gasteiger partial charge is 0.495 e. The lowest BCUT2D eigenvalue weighted by Gasteiger charge is -2.29. The Morgan fingerprint density at radius 3 is 2.76 bits per heavy atom. The molecule has 0 saturated carbocycles. The van der Waals surface area contributed by atoms with Crippen molar-refractivity contribution >= 4 is 11.0 Å². The number of piperazine rings is 1. The molecule has 3 rings (SSSR count). The van der Waals surface area contributed by atoms with E-state index < -0.39 is 0 Å². The second kappa shape index (κ2) is 7.64. The predicted molar refractivity (Wildman–Crippen MR) is 97.7 cm³/mol. The fourth-order valence-corrected chi connectivity index (χ4v) is 3.15. The maximum absolute atomic E-state index is 12.9. The molecular weight excluding hydrogens is 320 g/mol. The van der Waals surface area contributed by atoms with Gasteiger partial charge in [-0.1, -0.05) is 11.8 Å². The van der Waals surface area contributed by atoms with Crippen molar-refractivity contribution < 1.29 is 9.84 Å². The van der Waals surface area contributed by atoms with E-state index in [0.29, 0.717) is 24.2 Å². The van der Waals surface area contributed by atoms with Gasteiger partial charge in [0, 0.05) is 46.3 Å². The molecule has 0 aliphatic carbocycles. The van der Waals surface area contributed by atoms with Crippen LogP contribution >= 0.6 is 0 Å². The van der Waals surface area contributed by atoms with Gasteiger partial charge in [0.15, 0.2) is 0 Å². The summed E-state index contributed by atoms with van der Waals surface area (Å²) in [6.45, 7) is 3.39. The first kappa shape index (κ1) is 17.4. The van der Waals surface area contributed by atoms with Crippen molar-refractivity contribution in [2.75, 3.05) is 44.9 Å². The number of aliphatic hydroxyl groups excluding tert-OH is 1. The molecule has 0 unspecified atom stereocenters. The van der Waals surface area contributed by atoms with Gasteiger partial charge in [-0.2, -0.15) is 0 Å². The topological polar surface area (TPSA) is 71.7 Å². The molecule has 2 N–H and O–H groups in total. The highest BCUT2D eigenvalue weighted by atomic mass is 16.5. The van der Waals surface area contributed by atoms with Crippen LogP contribution in [0, 0.1) is 11.8 Å². The van der Waals surface area contributed by atoms with Crippen LogP contribution < -0.4 is 20.8 Å². The number of rotatable bonds is 4. The minimum absolute atomic E-state index is 0.0800. The first-order chi connectivity index (χ1) is 12.2. The van der Waals surface area contributed by atoms with Crippen molar-refractivity contribution in [2.24, 2.45) is 7.05 Å². The Balaban J connectivity index is 2.17.